The van der Waals surface area contributed by atoms with Crippen molar-refractivity contribution < 1.29 is 53.4 Å². The van der Waals surface area contributed by atoms with Gasteiger partial charge in [0.25, 0.3) is 12.4 Å². The molecule has 1 aliphatic heterocycles. The highest BCUT2D eigenvalue weighted by Gasteiger charge is 2.40. The standard InChI is InChI=1S/C26H23N3O12/c30-13-38-11-19-18(41-22(33)12-39-25(36)15-8-16(31)23(34)17(32)9-15)10-21(40-19)29-7-6-20(28-26(29)37)27-24(35)14-4-2-1-3-5-14/h1-9,13,18-19,21,31-32,34H,10-12H2,(H,27,28,35,37). The normalized spacial score (nSPS) is 17.8. The Morgan fingerprint density at radius 1 is 1.07 bits per heavy atom. The van der Waals surface area contributed by atoms with Crippen LogP contribution in [0.4, 0.5) is 5.82 Å². The Kier molecular flexibility index (Phi) is 8.79. The average Bonchev–Trinajstić information content (AvgIpc) is 3.35. The maximum absolute atomic E-state index is 12.7. The van der Waals surface area contributed by atoms with E-state index in [1.165, 1.54) is 12.3 Å². The highest BCUT2D eigenvalue weighted by molar-refractivity contribution is 6.03. The lowest BCUT2D eigenvalue weighted by Gasteiger charge is -2.17. The number of ether oxygens (including phenoxy) is 4. The van der Waals surface area contributed by atoms with Gasteiger partial charge in [-0.15, -0.1) is 0 Å². The van der Waals surface area contributed by atoms with Crippen molar-refractivity contribution in [2.45, 2.75) is 24.9 Å². The zero-order valence-corrected chi connectivity index (χ0v) is 21.0. The molecule has 1 aliphatic rings. The van der Waals surface area contributed by atoms with Crippen LogP contribution in [0.25, 0.3) is 0 Å². The smallest absolute Gasteiger partial charge is 0.351 e. The second-order valence-corrected chi connectivity index (χ2v) is 8.58. The second kappa shape index (κ2) is 12.6. The van der Waals surface area contributed by atoms with Crippen molar-refractivity contribution in [3.05, 3.63) is 76.3 Å². The van der Waals surface area contributed by atoms with Crippen LogP contribution in [0.1, 0.15) is 33.4 Å². The zero-order chi connectivity index (χ0) is 29.5. The number of carbonyl (C=O) groups excluding carboxylic acids is 4. The fourth-order valence-corrected chi connectivity index (χ4v) is 3.89. The summed E-state index contributed by atoms with van der Waals surface area (Å²) in [4.78, 5) is 64.1. The molecular formula is C26H23N3O12. The maximum atomic E-state index is 12.7. The van der Waals surface area contributed by atoms with Crippen molar-refractivity contribution in [2.24, 2.45) is 0 Å². The van der Waals surface area contributed by atoms with Gasteiger partial charge >= 0.3 is 17.6 Å². The Bertz CT molecular complexity index is 1480. The lowest BCUT2D eigenvalue weighted by molar-refractivity contribution is -0.158. The summed E-state index contributed by atoms with van der Waals surface area (Å²) in [5.41, 5.74) is -0.759. The highest BCUT2D eigenvalue weighted by atomic mass is 16.6. The van der Waals surface area contributed by atoms with Gasteiger partial charge in [-0.2, -0.15) is 4.98 Å². The number of nitrogens with one attached hydrogen (secondary N) is 1. The zero-order valence-electron chi connectivity index (χ0n) is 21.0. The number of anilines is 1. The third-order valence-electron chi connectivity index (χ3n) is 5.84. The summed E-state index contributed by atoms with van der Waals surface area (Å²) in [5, 5.41) is 31.0. The van der Waals surface area contributed by atoms with E-state index in [4.69, 9.17) is 18.9 Å². The van der Waals surface area contributed by atoms with Crippen LogP contribution < -0.4 is 11.0 Å². The van der Waals surface area contributed by atoms with Crippen LogP contribution in [-0.4, -0.2) is 74.6 Å². The van der Waals surface area contributed by atoms with Gasteiger partial charge in [0, 0.05) is 18.2 Å². The molecule has 3 unspecified atom stereocenters. The first-order chi connectivity index (χ1) is 19.7. The van der Waals surface area contributed by atoms with E-state index in [2.05, 4.69) is 10.3 Å². The molecule has 15 nitrogen and oxygen atoms in total. The molecule has 0 spiro atoms. The average molecular weight is 569 g/mol. The van der Waals surface area contributed by atoms with Crippen molar-refractivity contribution >= 4 is 30.1 Å². The first-order valence-corrected chi connectivity index (χ1v) is 11.9. The summed E-state index contributed by atoms with van der Waals surface area (Å²) in [6, 6.07) is 11.3. The van der Waals surface area contributed by atoms with Crippen LogP contribution in [0.5, 0.6) is 17.2 Å². The first-order valence-electron chi connectivity index (χ1n) is 11.9. The molecule has 0 radical (unpaired) electrons. The highest BCUT2D eigenvalue weighted by Crippen LogP contribution is 2.35. The largest absolute Gasteiger partial charge is 0.504 e. The molecule has 4 rings (SSSR count). The monoisotopic (exact) mass is 569 g/mol. The topological polar surface area (TPSA) is 213 Å². The predicted molar refractivity (Wildman–Crippen MR) is 135 cm³/mol. The number of aromatic nitrogens is 2. The maximum Gasteiger partial charge on any atom is 0.351 e. The molecular weight excluding hydrogens is 546 g/mol. The number of benzene rings is 2. The van der Waals surface area contributed by atoms with Crippen molar-refractivity contribution in [3.63, 3.8) is 0 Å². The number of carbonyl (C=O) groups is 4. The van der Waals surface area contributed by atoms with Crippen LogP contribution in [0, 0.1) is 0 Å². The van der Waals surface area contributed by atoms with Gasteiger partial charge in [-0.05, 0) is 30.3 Å². The van der Waals surface area contributed by atoms with Crippen LogP contribution >= 0.6 is 0 Å². The quantitative estimate of drug-likeness (QED) is 0.115. The molecule has 3 atom stereocenters. The molecule has 1 aromatic heterocycles. The summed E-state index contributed by atoms with van der Waals surface area (Å²) in [5.74, 6) is -4.97. The van der Waals surface area contributed by atoms with E-state index in [0.29, 0.717) is 5.56 Å². The summed E-state index contributed by atoms with van der Waals surface area (Å²) >= 11 is 0. The minimum absolute atomic E-state index is 0.000928. The molecule has 3 aromatic rings. The van der Waals surface area contributed by atoms with Crippen molar-refractivity contribution in [1.82, 2.24) is 9.55 Å². The number of hydrogen-bond donors (Lipinski definition) is 4. The third-order valence-corrected chi connectivity index (χ3v) is 5.84. The number of phenols is 3. The van der Waals surface area contributed by atoms with Crippen molar-refractivity contribution in [3.8, 4) is 17.2 Å². The van der Waals surface area contributed by atoms with E-state index in [-0.39, 0.29) is 30.9 Å². The van der Waals surface area contributed by atoms with E-state index in [1.807, 2.05) is 0 Å². The van der Waals surface area contributed by atoms with Gasteiger partial charge in [-0.25, -0.2) is 14.4 Å². The van der Waals surface area contributed by atoms with Crippen LogP contribution in [0.2, 0.25) is 0 Å². The molecule has 4 N–H and O–H groups in total. The van der Waals surface area contributed by atoms with E-state index < -0.39 is 65.8 Å². The Hall–Kier alpha value is -5.44. The van der Waals surface area contributed by atoms with E-state index in [1.54, 1.807) is 30.3 Å². The van der Waals surface area contributed by atoms with Crippen LogP contribution in [0.15, 0.2) is 59.5 Å². The summed E-state index contributed by atoms with van der Waals surface area (Å²) in [7, 11) is 0. The predicted octanol–water partition coefficient (Wildman–Crippen LogP) is 0.842. The number of aromatic hydroxyl groups is 3. The summed E-state index contributed by atoms with van der Waals surface area (Å²) in [6.45, 7) is -1.03. The van der Waals surface area contributed by atoms with Crippen LogP contribution in [0.3, 0.4) is 0 Å². The fraction of sp³-hybridized carbons (Fsp3) is 0.231. The van der Waals surface area contributed by atoms with Gasteiger partial charge < -0.3 is 39.6 Å². The van der Waals surface area contributed by atoms with E-state index >= 15 is 0 Å². The Morgan fingerprint density at radius 2 is 1.78 bits per heavy atom. The van der Waals surface area contributed by atoms with Gasteiger partial charge in [0.15, 0.2) is 23.9 Å². The Balaban J connectivity index is 1.38. The molecule has 15 heteroatoms. The molecule has 1 fully saturated rings. The molecule has 0 bridgehead atoms. The molecule has 2 aromatic carbocycles. The van der Waals surface area contributed by atoms with E-state index in [0.717, 1.165) is 16.7 Å². The number of rotatable bonds is 10. The van der Waals surface area contributed by atoms with E-state index in [9.17, 15) is 39.3 Å². The molecule has 41 heavy (non-hydrogen) atoms. The molecule has 0 aliphatic carbocycles. The third kappa shape index (κ3) is 6.96. The first kappa shape index (κ1) is 28.6. The van der Waals surface area contributed by atoms with Gasteiger partial charge in [-0.3, -0.25) is 14.2 Å². The van der Waals surface area contributed by atoms with Gasteiger partial charge in [0.2, 0.25) is 0 Å². The summed E-state index contributed by atoms with van der Waals surface area (Å²) in [6.07, 6.45) is -1.74. The molecule has 214 valence electrons. The lowest BCUT2D eigenvalue weighted by Crippen LogP contribution is -2.32. The molecule has 1 saturated heterocycles. The number of hydrogen-bond acceptors (Lipinski definition) is 13. The van der Waals surface area contributed by atoms with Gasteiger partial charge in [0.1, 0.15) is 30.9 Å². The second-order valence-electron chi connectivity index (χ2n) is 8.58. The number of esters is 2. The minimum atomic E-state index is -1.11. The number of phenolic OH excluding ortho intramolecular Hbond substituents is 3. The SMILES string of the molecule is O=COCC1OC(n2ccc(NC(=O)c3ccccc3)nc2=O)CC1OC(=O)COC(=O)c1cc(O)c(O)c(O)c1. The number of amides is 1. The van der Waals surface area contributed by atoms with Crippen LogP contribution in [-0.2, 0) is 28.5 Å². The Morgan fingerprint density at radius 3 is 2.44 bits per heavy atom. The molecule has 2 heterocycles. The van der Waals surface area contributed by atoms with Crippen molar-refractivity contribution in [1.29, 1.82) is 0 Å². The van der Waals surface area contributed by atoms with Crippen molar-refractivity contribution in [2.75, 3.05) is 18.5 Å². The van der Waals surface area contributed by atoms with Gasteiger partial charge in [-0.1, -0.05) is 18.2 Å². The Labute approximate surface area is 230 Å². The molecule has 1 amide bonds. The number of nitrogens with zero attached hydrogens (tertiary/aromatic N) is 2. The van der Waals surface area contributed by atoms with Gasteiger partial charge in [0.05, 0.1) is 5.56 Å². The lowest BCUT2D eigenvalue weighted by atomic mass is 10.2. The summed E-state index contributed by atoms with van der Waals surface area (Å²) < 4.78 is 21.7. The fourth-order valence-electron chi connectivity index (χ4n) is 3.89. The molecule has 0 saturated carbocycles. The minimum Gasteiger partial charge on any atom is -0.504 e.